The van der Waals surface area contributed by atoms with Crippen LogP contribution >= 0.6 is 0 Å². The van der Waals surface area contributed by atoms with Crippen LogP contribution in [0.1, 0.15) is 25.0 Å². The topological polar surface area (TPSA) is 12.0 Å². The van der Waals surface area contributed by atoms with E-state index >= 15 is 0 Å². The maximum absolute atomic E-state index is 3.47. The van der Waals surface area contributed by atoms with Gasteiger partial charge in [-0.05, 0) is 44.9 Å². The van der Waals surface area contributed by atoms with Crippen LogP contribution in [-0.2, 0) is 0 Å². The van der Waals surface area contributed by atoms with E-state index in [9.17, 15) is 0 Å². The predicted molar refractivity (Wildman–Crippen MR) is 63.8 cm³/mol. The Labute approximate surface area is 86.8 Å². The molecule has 0 bridgehead atoms. The molecule has 1 N–H and O–H groups in total. The average molecular weight is 189 g/mol. The van der Waals surface area contributed by atoms with Crippen molar-refractivity contribution >= 4 is 5.69 Å². The molecule has 1 heteroatoms. The summed E-state index contributed by atoms with van der Waals surface area (Å²) < 4.78 is 0. The Hall–Kier alpha value is -1.24. The number of hydrogen-bond acceptors (Lipinski definition) is 1. The fraction of sp³-hybridized carbons (Fsp3) is 0.385. The molecule has 1 nitrogen and oxygen atoms in total. The zero-order chi connectivity index (χ0) is 10.6. The summed E-state index contributed by atoms with van der Waals surface area (Å²) in [7, 11) is 0. The van der Waals surface area contributed by atoms with Gasteiger partial charge in [0.1, 0.15) is 0 Å². The first-order valence-electron chi connectivity index (χ1n) is 5.10. The summed E-state index contributed by atoms with van der Waals surface area (Å²) in [6.07, 6.45) is 4.23. The van der Waals surface area contributed by atoms with Crippen molar-refractivity contribution in [3.05, 3.63) is 41.5 Å². The fourth-order valence-corrected chi connectivity index (χ4v) is 1.47. The summed E-state index contributed by atoms with van der Waals surface area (Å²) in [5.41, 5.74) is 3.83. The quantitative estimate of drug-likeness (QED) is 0.715. The Morgan fingerprint density at radius 2 is 2.00 bits per heavy atom. The van der Waals surface area contributed by atoms with E-state index in [4.69, 9.17) is 0 Å². The van der Waals surface area contributed by atoms with Crippen LogP contribution in [0.25, 0.3) is 0 Å². The van der Waals surface area contributed by atoms with Crippen LogP contribution in [0.15, 0.2) is 30.4 Å². The second-order valence-electron chi connectivity index (χ2n) is 3.78. The van der Waals surface area contributed by atoms with Gasteiger partial charge in [-0.25, -0.2) is 0 Å². The van der Waals surface area contributed by atoms with Crippen molar-refractivity contribution in [3.63, 3.8) is 0 Å². The molecule has 1 rings (SSSR count). The van der Waals surface area contributed by atoms with Gasteiger partial charge in [-0.15, -0.1) is 0 Å². The number of benzene rings is 1. The van der Waals surface area contributed by atoms with Crippen LogP contribution in [0.5, 0.6) is 0 Å². The molecule has 14 heavy (non-hydrogen) atoms. The van der Waals surface area contributed by atoms with Crippen LogP contribution in [0.4, 0.5) is 5.69 Å². The molecule has 0 aliphatic rings. The highest BCUT2D eigenvalue weighted by Gasteiger charge is 2.00. The molecule has 1 aromatic carbocycles. The summed E-state index contributed by atoms with van der Waals surface area (Å²) in [5.74, 6) is 0. The maximum Gasteiger partial charge on any atom is 0.0416 e. The minimum atomic E-state index is 0.389. The van der Waals surface area contributed by atoms with Gasteiger partial charge in [0.05, 0.1) is 0 Å². The van der Waals surface area contributed by atoms with Crippen molar-refractivity contribution in [1.29, 1.82) is 0 Å². The Balaban J connectivity index is 2.80. The van der Waals surface area contributed by atoms with E-state index in [1.165, 1.54) is 16.8 Å². The number of aryl methyl sites for hydroxylation is 2. The summed E-state index contributed by atoms with van der Waals surface area (Å²) in [5, 5.41) is 3.47. The molecular weight excluding hydrogens is 170 g/mol. The summed E-state index contributed by atoms with van der Waals surface area (Å²) in [4.78, 5) is 0. The third-order valence-electron chi connectivity index (χ3n) is 2.26. The standard InChI is InChI=1S/C13H19N/c1-5-6-12(4)14-13-9-10(2)7-8-11(13)3/h5-9,12,14H,1-4H3/b6-5+. The Morgan fingerprint density at radius 1 is 1.29 bits per heavy atom. The van der Waals surface area contributed by atoms with E-state index in [-0.39, 0.29) is 0 Å². The van der Waals surface area contributed by atoms with Crippen molar-refractivity contribution < 1.29 is 0 Å². The summed E-state index contributed by atoms with van der Waals surface area (Å²) in [6.45, 7) is 8.44. The van der Waals surface area contributed by atoms with Crippen molar-refractivity contribution in [2.45, 2.75) is 33.7 Å². The molecule has 1 unspecified atom stereocenters. The molecule has 0 aromatic heterocycles. The lowest BCUT2D eigenvalue weighted by molar-refractivity contribution is 0.990. The van der Waals surface area contributed by atoms with Gasteiger partial charge < -0.3 is 5.32 Å². The van der Waals surface area contributed by atoms with Crippen molar-refractivity contribution in [1.82, 2.24) is 0 Å². The number of nitrogens with one attached hydrogen (secondary N) is 1. The van der Waals surface area contributed by atoms with E-state index in [1.807, 2.05) is 6.92 Å². The molecular formula is C13H19N. The largest absolute Gasteiger partial charge is 0.379 e. The lowest BCUT2D eigenvalue weighted by atomic mass is 10.1. The number of anilines is 1. The first kappa shape index (κ1) is 10.8. The van der Waals surface area contributed by atoms with Crippen LogP contribution in [-0.4, -0.2) is 6.04 Å². The van der Waals surface area contributed by atoms with Crippen molar-refractivity contribution in [2.24, 2.45) is 0 Å². The van der Waals surface area contributed by atoms with Gasteiger partial charge in [-0.2, -0.15) is 0 Å². The zero-order valence-electron chi connectivity index (χ0n) is 9.46. The third kappa shape index (κ3) is 2.91. The smallest absolute Gasteiger partial charge is 0.0416 e. The number of rotatable bonds is 3. The monoisotopic (exact) mass is 189 g/mol. The van der Waals surface area contributed by atoms with E-state index in [2.05, 4.69) is 56.4 Å². The highest BCUT2D eigenvalue weighted by atomic mass is 14.9. The minimum absolute atomic E-state index is 0.389. The predicted octanol–water partition coefficient (Wildman–Crippen LogP) is 3.68. The molecule has 0 aliphatic carbocycles. The van der Waals surface area contributed by atoms with Gasteiger partial charge in [0, 0.05) is 11.7 Å². The Morgan fingerprint density at radius 3 is 2.64 bits per heavy atom. The lowest BCUT2D eigenvalue weighted by Crippen LogP contribution is -2.12. The Bertz CT molecular complexity index is 326. The maximum atomic E-state index is 3.47. The molecule has 0 amide bonds. The van der Waals surface area contributed by atoms with Crippen molar-refractivity contribution in [3.8, 4) is 0 Å². The van der Waals surface area contributed by atoms with E-state index < -0.39 is 0 Å². The van der Waals surface area contributed by atoms with Gasteiger partial charge in [0.25, 0.3) is 0 Å². The van der Waals surface area contributed by atoms with Gasteiger partial charge in [-0.3, -0.25) is 0 Å². The Kier molecular flexibility index (Phi) is 3.75. The first-order valence-corrected chi connectivity index (χ1v) is 5.10. The third-order valence-corrected chi connectivity index (χ3v) is 2.26. The molecule has 0 saturated heterocycles. The van der Waals surface area contributed by atoms with Crippen molar-refractivity contribution in [2.75, 3.05) is 5.32 Å². The van der Waals surface area contributed by atoms with E-state index in [1.54, 1.807) is 0 Å². The minimum Gasteiger partial charge on any atom is -0.379 e. The zero-order valence-corrected chi connectivity index (χ0v) is 9.46. The van der Waals surface area contributed by atoms with Gasteiger partial charge in [-0.1, -0.05) is 24.3 Å². The number of hydrogen-bond donors (Lipinski definition) is 1. The van der Waals surface area contributed by atoms with Crippen LogP contribution < -0.4 is 5.32 Å². The highest BCUT2D eigenvalue weighted by molar-refractivity contribution is 5.53. The average Bonchev–Trinajstić information content (AvgIpc) is 2.12. The molecule has 76 valence electrons. The van der Waals surface area contributed by atoms with Gasteiger partial charge >= 0.3 is 0 Å². The molecule has 0 spiro atoms. The highest BCUT2D eigenvalue weighted by Crippen LogP contribution is 2.17. The van der Waals surface area contributed by atoms with E-state index in [0.29, 0.717) is 6.04 Å². The second kappa shape index (κ2) is 4.85. The molecule has 0 fully saturated rings. The molecule has 0 heterocycles. The van der Waals surface area contributed by atoms with Gasteiger partial charge in [0.15, 0.2) is 0 Å². The van der Waals surface area contributed by atoms with Crippen LogP contribution in [0.2, 0.25) is 0 Å². The molecule has 1 aromatic rings. The van der Waals surface area contributed by atoms with Crippen LogP contribution in [0, 0.1) is 13.8 Å². The SMILES string of the molecule is C/C=C/C(C)Nc1cc(C)ccc1C. The molecule has 0 aliphatic heterocycles. The first-order chi connectivity index (χ1) is 6.63. The molecule has 0 radical (unpaired) electrons. The van der Waals surface area contributed by atoms with Gasteiger partial charge in [0.2, 0.25) is 0 Å². The molecule has 0 saturated carbocycles. The van der Waals surface area contributed by atoms with Crippen LogP contribution in [0.3, 0.4) is 0 Å². The number of allylic oxidation sites excluding steroid dienone is 1. The molecule has 1 atom stereocenters. The van der Waals surface area contributed by atoms with E-state index in [0.717, 1.165) is 0 Å². The summed E-state index contributed by atoms with van der Waals surface area (Å²) in [6, 6.07) is 6.87. The summed E-state index contributed by atoms with van der Waals surface area (Å²) >= 11 is 0. The second-order valence-corrected chi connectivity index (χ2v) is 3.78. The normalized spacial score (nSPS) is 13.1. The lowest BCUT2D eigenvalue weighted by Gasteiger charge is -2.14. The fourth-order valence-electron chi connectivity index (χ4n) is 1.47.